The highest BCUT2D eigenvalue weighted by Crippen LogP contribution is 2.06. The second-order valence-corrected chi connectivity index (χ2v) is 2.18. The number of aliphatic hydroxyl groups excluding tert-OH is 1. The van der Waals surface area contributed by atoms with E-state index in [1.807, 2.05) is 13.0 Å². The van der Waals surface area contributed by atoms with Crippen LogP contribution in [0.1, 0.15) is 20.8 Å². The van der Waals surface area contributed by atoms with Gasteiger partial charge in [0, 0.05) is 0 Å². The van der Waals surface area contributed by atoms with Crippen LogP contribution in [0, 0.1) is 5.92 Å². The van der Waals surface area contributed by atoms with Gasteiger partial charge in [-0.05, 0) is 18.4 Å². The molecule has 0 aliphatic heterocycles. The molecule has 0 unspecified atom stereocenters. The highest BCUT2D eigenvalue weighted by Gasteiger charge is 1.96. The highest BCUT2D eigenvalue weighted by molar-refractivity contribution is 5.02. The Labute approximate surface area is 51.0 Å². The van der Waals surface area contributed by atoms with Gasteiger partial charge in [0.05, 0.1) is 6.61 Å². The smallest absolute Gasteiger partial charge is 0.0644 e. The molecule has 0 fully saturated rings. The van der Waals surface area contributed by atoms with E-state index in [9.17, 15) is 0 Å². The average Bonchev–Trinajstić information content (AvgIpc) is 1.69. The Kier molecular flexibility index (Phi) is 3.53. The molecule has 0 radical (unpaired) electrons. The van der Waals surface area contributed by atoms with Crippen molar-refractivity contribution < 1.29 is 5.11 Å². The summed E-state index contributed by atoms with van der Waals surface area (Å²) in [6.45, 7) is 6.30. The summed E-state index contributed by atoms with van der Waals surface area (Å²) < 4.78 is 0. The molecule has 48 valence electrons. The van der Waals surface area contributed by atoms with Crippen molar-refractivity contribution in [1.82, 2.24) is 0 Å². The van der Waals surface area contributed by atoms with Gasteiger partial charge in [-0.3, -0.25) is 0 Å². The minimum Gasteiger partial charge on any atom is -0.392 e. The average molecular weight is 114 g/mol. The van der Waals surface area contributed by atoms with Gasteiger partial charge in [-0.2, -0.15) is 0 Å². The van der Waals surface area contributed by atoms with Gasteiger partial charge in [-0.15, -0.1) is 0 Å². The zero-order valence-corrected chi connectivity index (χ0v) is 5.81. The fraction of sp³-hybridized carbons (Fsp3) is 0.714. The molecule has 0 aromatic carbocycles. The van der Waals surface area contributed by atoms with Crippen LogP contribution < -0.4 is 0 Å². The predicted octanol–water partition coefficient (Wildman–Crippen LogP) is 1.58. The number of hydrogen-bond donors (Lipinski definition) is 1. The van der Waals surface area contributed by atoms with Gasteiger partial charge in [-0.1, -0.05) is 19.9 Å². The minimum absolute atomic E-state index is 0.203. The van der Waals surface area contributed by atoms with Crippen LogP contribution in [-0.4, -0.2) is 11.7 Å². The van der Waals surface area contributed by atoms with Crippen LogP contribution in [0.15, 0.2) is 11.6 Å². The Morgan fingerprint density at radius 2 is 2.12 bits per heavy atom. The number of allylic oxidation sites excluding steroid dienone is 1. The lowest BCUT2D eigenvalue weighted by Gasteiger charge is -2.04. The van der Waals surface area contributed by atoms with Gasteiger partial charge in [0.15, 0.2) is 0 Å². The molecule has 0 saturated carbocycles. The van der Waals surface area contributed by atoms with Crippen LogP contribution in [0.4, 0.5) is 0 Å². The van der Waals surface area contributed by atoms with Crippen LogP contribution in [0.3, 0.4) is 0 Å². The first-order valence-corrected chi connectivity index (χ1v) is 2.98. The Balaban J connectivity index is 3.72. The second-order valence-electron chi connectivity index (χ2n) is 2.18. The number of aliphatic hydroxyl groups is 1. The maximum absolute atomic E-state index is 8.63. The molecule has 8 heavy (non-hydrogen) atoms. The van der Waals surface area contributed by atoms with Gasteiger partial charge in [0.1, 0.15) is 0 Å². The molecule has 0 heterocycles. The van der Waals surface area contributed by atoms with Crippen molar-refractivity contribution in [3.8, 4) is 0 Å². The maximum atomic E-state index is 8.63. The van der Waals surface area contributed by atoms with Crippen molar-refractivity contribution in [2.24, 2.45) is 5.92 Å². The molecule has 0 bridgehead atoms. The zero-order valence-electron chi connectivity index (χ0n) is 5.81. The summed E-state index contributed by atoms with van der Waals surface area (Å²) in [5.41, 5.74) is 1.12. The highest BCUT2D eigenvalue weighted by atomic mass is 16.3. The summed E-state index contributed by atoms with van der Waals surface area (Å²) in [5, 5.41) is 8.63. The summed E-state index contributed by atoms with van der Waals surface area (Å²) in [7, 11) is 0. The van der Waals surface area contributed by atoms with Crippen LogP contribution in [0.25, 0.3) is 0 Å². The van der Waals surface area contributed by atoms with E-state index >= 15 is 0 Å². The maximum Gasteiger partial charge on any atom is 0.0644 e. The first kappa shape index (κ1) is 7.70. The standard InChI is InChI=1S/C7H14O/c1-4-7(5-8)6(2)3/h4,6,8H,5H2,1-3H3/b7-4-. The summed E-state index contributed by atoms with van der Waals surface area (Å²) in [6.07, 6.45) is 1.96. The molecule has 0 aliphatic rings. The van der Waals surface area contributed by atoms with Crippen LogP contribution >= 0.6 is 0 Å². The third kappa shape index (κ3) is 2.12. The van der Waals surface area contributed by atoms with Crippen molar-refractivity contribution in [1.29, 1.82) is 0 Å². The molecule has 0 aliphatic carbocycles. The molecule has 0 spiro atoms. The monoisotopic (exact) mass is 114 g/mol. The predicted molar refractivity (Wildman–Crippen MR) is 35.7 cm³/mol. The Morgan fingerprint density at radius 1 is 1.62 bits per heavy atom. The third-order valence-corrected chi connectivity index (χ3v) is 1.29. The normalized spacial score (nSPS) is 12.9. The van der Waals surface area contributed by atoms with Crippen LogP contribution in [-0.2, 0) is 0 Å². The first-order chi connectivity index (χ1) is 3.72. The Morgan fingerprint density at radius 3 is 2.12 bits per heavy atom. The van der Waals surface area contributed by atoms with Gasteiger partial charge < -0.3 is 5.11 Å². The summed E-state index contributed by atoms with van der Waals surface area (Å²) in [5.74, 6) is 0.491. The zero-order chi connectivity index (χ0) is 6.57. The van der Waals surface area contributed by atoms with E-state index in [4.69, 9.17) is 5.11 Å². The lowest BCUT2D eigenvalue weighted by atomic mass is 10.0. The molecule has 1 heteroatoms. The van der Waals surface area contributed by atoms with Crippen molar-refractivity contribution in [3.05, 3.63) is 11.6 Å². The van der Waals surface area contributed by atoms with Crippen molar-refractivity contribution >= 4 is 0 Å². The number of hydrogen-bond acceptors (Lipinski definition) is 1. The summed E-state index contributed by atoms with van der Waals surface area (Å²) in [4.78, 5) is 0. The molecular formula is C7H14O. The van der Waals surface area contributed by atoms with E-state index in [1.54, 1.807) is 0 Å². The summed E-state index contributed by atoms with van der Waals surface area (Å²) >= 11 is 0. The van der Waals surface area contributed by atoms with E-state index in [2.05, 4.69) is 13.8 Å². The van der Waals surface area contributed by atoms with Gasteiger partial charge in [0.2, 0.25) is 0 Å². The molecule has 1 N–H and O–H groups in total. The molecule has 0 amide bonds. The molecule has 0 aromatic rings. The van der Waals surface area contributed by atoms with Crippen LogP contribution in [0.2, 0.25) is 0 Å². The van der Waals surface area contributed by atoms with Crippen molar-refractivity contribution in [2.45, 2.75) is 20.8 Å². The Bertz CT molecular complexity index is 82.4. The van der Waals surface area contributed by atoms with E-state index in [1.165, 1.54) is 0 Å². The molecule has 0 aromatic heterocycles. The quantitative estimate of drug-likeness (QED) is 0.540. The lowest BCUT2D eigenvalue weighted by molar-refractivity contribution is 0.318. The topological polar surface area (TPSA) is 20.2 Å². The van der Waals surface area contributed by atoms with Crippen molar-refractivity contribution in [3.63, 3.8) is 0 Å². The molecule has 1 nitrogen and oxygen atoms in total. The largest absolute Gasteiger partial charge is 0.392 e. The van der Waals surface area contributed by atoms with E-state index < -0.39 is 0 Å². The fourth-order valence-corrected chi connectivity index (χ4v) is 0.607. The lowest BCUT2D eigenvalue weighted by Crippen LogP contribution is -1.97. The summed E-state index contributed by atoms with van der Waals surface area (Å²) in [6, 6.07) is 0. The Hall–Kier alpha value is -0.300. The molecule has 0 atom stereocenters. The first-order valence-electron chi connectivity index (χ1n) is 2.98. The number of rotatable bonds is 2. The fourth-order valence-electron chi connectivity index (χ4n) is 0.607. The SMILES string of the molecule is C/C=C(/CO)C(C)C. The molecule has 0 saturated heterocycles. The van der Waals surface area contributed by atoms with Crippen molar-refractivity contribution in [2.75, 3.05) is 6.61 Å². The van der Waals surface area contributed by atoms with Gasteiger partial charge in [-0.25, -0.2) is 0 Å². The minimum atomic E-state index is 0.203. The van der Waals surface area contributed by atoms with E-state index in [0.29, 0.717) is 5.92 Å². The van der Waals surface area contributed by atoms with E-state index in [-0.39, 0.29) is 6.61 Å². The second kappa shape index (κ2) is 3.67. The molecule has 0 rings (SSSR count). The van der Waals surface area contributed by atoms with Gasteiger partial charge >= 0.3 is 0 Å². The van der Waals surface area contributed by atoms with Gasteiger partial charge in [0.25, 0.3) is 0 Å². The molecular weight excluding hydrogens is 100 g/mol. The van der Waals surface area contributed by atoms with Crippen LogP contribution in [0.5, 0.6) is 0 Å². The van der Waals surface area contributed by atoms with E-state index in [0.717, 1.165) is 5.57 Å². The third-order valence-electron chi connectivity index (χ3n) is 1.29.